The Hall–Kier alpha value is -1.69. The number of rotatable bonds is 5. The average Bonchev–Trinajstić information content (AvgIpc) is 3.11. The molecular weight excluding hydrogens is 368 g/mol. The zero-order valence-electron chi connectivity index (χ0n) is 17.5. The fourth-order valence-electron chi connectivity index (χ4n) is 4.33. The third-order valence-electron chi connectivity index (χ3n) is 6.26. The van der Waals surface area contributed by atoms with Gasteiger partial charge in [-0.05, 0) is 44.1 Å². The van der Waals surface area contributed by atoms with Crippen molar-refractivity contribution in [2.75, 3.05) is 31.1 Å². The lowest BCUT2D eigenvalue weighted by molar-refractivity contribution is -0.131. The lowest BCUT2D eigenvalue weighted by Crippen LogP contribution is -2.49. The maximum absolute atomic E-state index is 12.3. The number of piperazine rings is 1. The molecule has 0 radical (unpaired) electrons. The molecule has 0 saturated carbocycles. The molecule has 1 fully saturated rings. The molecule has 1 aliphatic carbocycles. The maximum atomic E-state index is 12.3. The van der Waals surface area contributed by atoms with Gasteiger partial charge in [-0.1, -0.05) is 20.8 Å². The normalized spacial score (nSPS) is 18.4. The number of fused-ring (bicyclic) bond motifs is 3. The van der Waals surface area contributed by atoms with Crippen LogP contribution in [0.5, 0.6) is 0 Å². The standard InChI is InChI=1S/C22H32N4OS/c1-4-8-18(27)25-11-13-26(14-12-25)21-19-16-9-6-7-10-17(16)28-22(19)24-20(23-21)15(3)5-2/h15H,4-14H2,1-3H3. The van der Waals surface area contributed by atoms with Crippen molar-refractivity contribution in [2.24, 2.45) is 0 Å². The largest absolute Gasteiger partial charge is 0.352 e. The first-order chi connectivity index (χ1) is 13.6. The first kappa shape index (κ1) is 19.6. The smallest absolute Gasteiger partial charge is 0.222 e. The molecule has 1 saturated heterocycles. The Morgan fingerprint density at radius 1 is 1.11 bits per heavy atom. The van der Waals surface area contributed by atoms with Gasteiger partial charge >= 0.3 is 0 Å². The molecular formula is C22H32N4OS. The molecule has 6 heteroatoms. The quantitative estimate of drug-likeness (QED) is 0.740. The van der Waals surface area contributed by atoms with E-state index in [2.05, 4.69) is 25.7 Å². The van der Waals surface area contributed by atoms with E-state index in [4.69, 9.17) is 9.97 Å². The van der Waals surface area contributed by atoms with Crippen LogP contribution in [0.2, 0.25) is 0 Å². The van der Waals surface area contributed by atoms with Crippen molar-refractivity contribution in [2.45, 2.75) is 71.6 Å². The van der Waals surface area contributed by atoms with Gasteiger partial charge in [0.1, 0.15) is 16.5 Å². The highest BCUT2D eigenvalue weighted by molar-refractivity contribution is 7.19. The van der Waals surface area contributed by atoms with Gasteiger partial charge in [0.2, 0.25) is 5.91 Å². The van der Waals surface area contributed by atoms with Crippen molar-refractivity contribution < 1.29 is 4.79 Å². The molecule has 1 amide bonds. The molecule has 0 aromatic carbocycles. The molecule has 28 heavy (non-hydrogen) atoms. The molecule has 2 aliphatic rings. The summed E-state index contributed by atoms with van der Waals surface area (Å²) in [6, 6.07) is 0. The van der Waals surface area contributed by atoms with Crippen LogP contribution < -0.4 is 4.90 Å². The van der Waals surface area contributed by atoms with Gasteiger partial charge in [-0.25, -0.2) is 9.97 Å². The number of aryl methyl sites for hydroxylation is 2. The lowest BCUT2D eigenvalue weighted by atomic mass is 9.96. The molecule has 4 rings (SSSR count). The summed E-state index contributed by atoms with van der Waals surface area (Å²) in [5, 5.41) is 1.31. The van der Waals surface area contributed by atoms with Crippen LogP contribution in [0.15, 0.2) is 0 Å². The Labute approximate surface area is 172 Å². The van der Waals surface area contributed by atoms with E-state index < -0.39 is 0 Å². The monoisotopic (exact) mass is 400 g/mol. The van der Waals surface area contributed by atoms with Crippen LogP contribution in [0.3, 0.4) is 0 Å². The molecule has 0 bridgehead atoms. The van der Waals surface area contributed by atoms with E-state index in [1.165, 1.54) is 39.9 Å². The number of carbonyl (C=O) groups excluding carboxylic acids is 1. The number of carbonyl (C=O) groups is 1. The number of anilines is 1. The summed E-state index contributed by atoms with van der Waals surface area (Å²) in [7, 11) is 0. The Balaban J connectivity index is 1.69. The van der Waals surface area contributed by atoms with Gasteiger partial charge in [0.15, 0.2) is 0 Å². The fraction of sp³-hybridized carbons (Fsp3) is 0.682. The molecule has 2 aromatic heterocycles. The molecule has 2 aromatic rings. The van der Waals surface area contributed by atoms with E-state index in [0.29, 0.717) is 18.2 Å². The van der Waals surface area contributed by atoms with Crippen LogP contribution in [0.25, 0.3) is 10.2 Å². The van der Waals surface area contributed by atoms with Crippen molar-refractivity contribution in [1.82, 2.24) is 14.9 Å². The Morgan fingerprint density at radius 3 is 2.57 bits per heavy atom. The zero-order chi connectivity index (χ0) is 19.7. The maximum Gasteiger partial charge on any atom is 0.222 e. The minimum Gasteiger partial charge on any atom is -0.352 e. The van der Waals surface area contributed by atoms with Crippen LogP contribution in [-0.4, -0.2) is 47.0 Å². The summed E-state index contributed by atoms with van der Waals surface area (Å²) in [5.41, 5.74) is 1.50. The summed E-state index contributed by atoms with van der Waals surface area (Å²) in [6.07, 6.45) is 7.54. The second-order valence-corrected chi connectivity index (χ2v) is 9.31. The Morgan fingerprint density at radius 2 is 1.86 bits per heavy atom. The number of hydrogen-bond donors (Lipinski definition) is 0. The second kappa shape index (κ2) is 8.36. The zero-order valence-corrected chi connectivity index (χ0v) is 18.3. The number of aromatic nitrogens is 2. The van der Waals surface area contributed by atoms with E-state index >= 15 is 0 Å². The van der Waals surface area contributed by atoms with Crippen LogP contribution in [0.1, 0.15) is 75.1 Å². The Bertz CT molecular complexity index is 854. The molecule has 5 nitrogen and oxygen atoms in total. The van der Waals surface area contributed by atoms with Crippen molar-refractivity contribution in [1.29, 1.82) is 0 Å². The summed E-state index contributed by atoms with van der Waals surface area (Å²) >= 11 is 1.89. The highest BCUT2D eigenvalue weighted by Crippen LogP contribution is 2.40. The van der Waals surface area contributed by atoms with Crippen molar-refractivity contribution in [3.8, 4) is 0 Å². The van der Waals surface area contributed by atoms with Crippen LogP contribution in [-0.2, 0) is 17.6 Å². The highest BCUT2D eigenvalue weighted by Gasteiger charge is 2.27. The predicted octanol–water partition coefficient (Wildman–Crippen LogP) is 4.53. The lowest BCUT2D eigenvalue weighted by Gasteiger charge is -2.36. The van der Waals surface area contributed by atoms with Crippen LogP contribution >= 0.6 is 11.3 Å². The first-order valence-electron chi connectivity index (χ1n) is 11.0. The van der Waals surface area contributed by atoms with Crippen LogP contribution in [0, 0.1) is 0 Å². The topological polar surface area (TPSA) is 49.3 Å². The van der Waals surface area contributed by atoms with Crippen molar-refractivity contribution in [3.63, 3.8) is 0 Å². The van der Waals surface area contributed by atoms with E-state index in [1.807, 2.05) is 16.2 Å². The van der Waals surface area contributed by atoms with Crippen molar-refractivity contribution >= 4 is 33.3 Å². The molecule has 1 atom stereocenters. The molecule has 3 heterocycles. The van der Waals surface area contributed by atoms with Crippen molar-refractivity contribution in [3.05, 3.63) is 16.3 Å². The third kappa shape index (κ3) is 3.63. The molecule has 1 aliphatic heterocycles. The first-order valence-corrected chi connectivity index (χ1v) is 11.8. The average molecular weight is 401 g/mol. The van der Waals surface area contributed by atoms with Gasteiger partial charge in [0, 0.05) is 43.4 Å². The molecule has 0 N–H and O–H groups in total. The number of amides is 1. The second-order valence-electron chi connectivity index (χ2n) is 8.22. The van der Waals surface area contributed by atoms with Gasteiger partial charge in [0.05, 0.1) is 5.39 Å². The summed E-state index contributed by atoms with van der Waals surface area (Å²) in [4.78, 5) is 29.5. The van der Waals surface area contributed by atoms with E-state index in [0.717, 1.165) is 57.1 Å². The number of hydrogen-bond acceptors (Lipinski definition) is 5. The molecule has 152 valence electrons. The fourth-order valence-corrected chi connectivity index (χ4v) is 5.59. The highest BCUT2D eigenvalue weighted by atomic mass is 32.1. The third-order valence-corrected chi connectivity index (χ3v) is 7.45. The van der Waals surface area contributed by atoms with E-state index in [-0.39, 0.29) is 0 Å². The van der Waals surface area contributed by atoms with E-state index in [9.17, 15) is 4.79 Å². The molecule has 0 spiro atoms. The van der Waals surface area contributed by atoms with Gasteiger partial charge in [0.25, 0.3) is 0 Å². The summed E-state index contributed by atoms with van der Waals surface area (Å²) < 4.78 is 0. The van der Waals surface area contributed by atoms with Gasteiger partial charge in [-0.15, -0.1) is 11.3 Å². The predicted molar refractivity (Wildman–Crippen MR) is 116 cm³/mol. The minimum absolute atomic E-state index is 0.295. The molecule has 1 unspecified atom stereocenters. The van der Waals surface area contributed by atoms with Gasteiger partial charge in [-0.2, -0.15) is 0 Å². The van der Waals surface area contributed by atoms with E-state index in [1.54, 1.807) is 0 Å². The minimum atomic E-state index is 0.295. The van der Waals surface area contributed by atoms with Gasteiger partial charge < -0.3 is 9.80 Å². The summed E-state index contributed by atoms with van der Waals surface area (Å²) in [6.45, 7) is 9.83. The summed E-state index contributed by atoms with van der Waals surface area (Å²) in [5.74, 6) is 2.77. The Kier molecular flexibility index (Phi) is 5.85. The SMILES string of the molecule is CCCC(=O)N1CCN(c2nc(C(C)CC)nc3sc4c(c23)CCCC4)CC1. The number of thiophene rings is 1. The van der Waals surface area contributed by atoms with Crippen LogP contribution in [0.4, 0.5) is 5.82 Å². The number of nitrogens with zero attached hydrogens (tertiary/aromatic N) is 4. The van der Waals surface area contributed by atoms with Gasteiger partial charge in [-0.3, -0.25) is 4.79 Å².